The highest BCUT2D eigenvalue weighted by Gasteiger charge is 2.46. The van der Waals surface area contributed by atoms with Crippen LogP contribution in [-0.4, -0.2) is 38.1 Å². The molecule has 0 N–H and O–H groups in total. The fourth-order valence-corrected chi connectivity index (χ4v) is 2.64. The van der Waals surface area contributed by atoms with Crippen molar-refractivity contribution >= 4 is 12.0 Å². The van der Waals surface area contributed by atoms with Gasteiger partial charge in [0.1, 0.15) is 18.8 Å². The van der Waals surface area contributed by atoms with Crippen molar-refractivity contribution in [2.45, 2.75) is 19.4 Å². The molecule has 1 aromatic carbocycles. The van der Waals surface area contributed by atoms with Crippen molar-refractivity contribution in [3.05, 3.63) is 30.3 Å². The number of morpholine rings is 1. The van der Waals surface area contributed by atoms with E-state index in [0.717, 1.165) is 19.4 Å². The Kier molecular flexibility index (Phi) is 3.31. The molecule has 3 nitrogen and oxygen atoms in total. The zero-order chi connectivity index (χ0) is 12.4. The van der Waals surface area contributed by atoms with Crippen molar-refractivity contribution in [3.63, 3.8) is 0 Å². The first-order valence-corrected chi connectivity index (χ1v) is 6.09. The summed E-state index contributed by atoms with van der Waals surface area (Å²) in [5, 5.41) is 0. The summed E-state index contributed by atoms with van der Waals surface area (Å²) < 4.78 is 6.15. The van der Waals surface area contributed by atoms with Crippen LogP contribution >= 0.6 is 0 Å². The molecule has 0 spiro atoms. The van der Waals surface area contributed by atoms with E-state index in [-0.39, 0.29) is 0 Å². The monoisotopic (exact) mass is 234 g/mol. The van der Waals surface area contributed by atoms with Gasteiger partial charge >= 0.3 is 0 Å². The van der Waals surface area contributed by atoms with E-state index in [1.54, 1.807) is 0 Å². The fraction of sp³-hybridized carbons (Fsp3) is 0.500. The van der Waals surface area contributed by atoms with E-state index in [1.807, 2.05) is 32.0 Å². The molecule has 2 rings (SSSR count). The number of quaternary nitrogens is 1. The first-order chi connectivity index (χ1) is 8.12. The van der Waals surface area contributed by atoms with Crippen molar-refractivity contribution in [3.8, 4) is 0 Å². The molecule has 1 fully saturated rings. The van der Waals surface area contributed by atoms with Gasteiger partial charge in [-0.1, -0.05) is 18.2 Å². The minimum atomic E-state index is -0.412. The van der Waals surface area contributed by atoms with Crippen LogP contribution in [0.4, 0.5) is 5.69 Å². The van der Waals surface area contributed by atoms with Crippen LogP contribution < -0.4 is 4.48 Å². The Labute approximate surface area is 103 Å². The summed E-state index contributed by atoms with van der Waals surface area (Å²) in [6.45, 7) is 7.17. The van der Waals surface area contributed by atoms with Crippen LogP contribution in [-0.2, 0) is 9.53 Å². The van der Waals surface area contributed by atoms with E-state index in [1.165, 1.54) is 5.69 Å². The lowest BCUT2D eigenvalue weighted by molar-refractivity contribution is -0.118. The third kappa shape index (κ3) is 2.01. The summed E-state index contributed by atoms with van der Waals surface area (Å²) in [5.41, 5.74) is 0.790. The highest BCUT2D eigenvalue weighted by Crippen LogP contribution is 2.33. The lowest BCUT2D eigenvalue weighted by Gasteiger charge is -2.49. The van der Waals surface area contributed by atoms with E-state index in [9.17, 15) is 4.79 Å². The van der Waals surface area contributed by atoms with Crippen LogP contribution in [0.25, 0.3) is 0 Å². The molecule has 1 aromatic rings. The Hall–Kier alpha value is -1.19. The topological polar surface area (TPSA) is 26.3 Å². The molecule has 0 radical (unpaired) electrons. The van der Waals surface area contributed by atoms with Crippen molar-refractivity contribution in [2.75, 3.05) is 26.3 Å². The van der Waals surface area contributed by atoms with Crippen LogP contribution in [0.5, 0.6) is 0 Å². The van der Waals surface area contributed by atoms with Gasteiger partial charge in [-0.3, -0.25) is 9.28 Å². The summed E-state index contributed by atoms with van der Waals surface area (Å²) in [4.78, 5) is 11.4. The van der Waals surface area contributed by atoms with Gasteiger partial charge in [-0.2, -0.15) is 0 Å². The first kappa shape index (κ1) is 12.3. The molecule has 1 heterocycles. The molecule has 1 saturated heterocycles. The average molecular weight is 234 g/mol. The number of hydrogen-bond acceptors (Lipinski definition) is 2. The van der Waals surface area contributed by atoms with Crippen LogP contribution in [0.15, 0.2) is 30.3 Å². The Morgan fingerprint density at radius 3 is 2.29 bits per heavy atom. The van der Waals surface area contributed by atoms with Crippen LogP contribution in [0, 0.1) is 0 Å². The number of benzene rings is 1. The molecule has 1 aliphatic heterocycles. The maximum atomic E-state index is 11.4. The lowest BCUT2D eigenvalue weighted by atomic mass is 9.97. The maximum Gasteiger partial charge on any atom is 0.180 e. The van der Waals surface area contributed by atoms with E-state index in [2.05, 4.69) is 12.1 Å². The van der Waals surface area contributed by atoms with E-state index in [0.29, 0.717) is 17.7 Å². The normalized spacial score (nSPS) is 19.9. The molecule has 0 bridgehead atoms. The molecule has 1 aliphatic rings. The van der Waals surface area contributed by atoms with E-state index < -0.39 is 5.54 Å². The van der Waals surface area contributed by atoms with Crippen molar-refractivity contribution in [2.24, 2.45) is 0 Å². The smallest absolute Gasteiger partial charge is 0.180 e. The van der Waals surface area contributed by atoms with Gasteiger partial charge in [-0.15, -0.1) is 0 Å². The number of ether oxygens (including phenoxy) is 1. The molecule has 0 aromatic heterocycles. The summed E-state index contributed by atoms with van der Waals surface area (Å²) in [6, 6.07) is 10.3. The number of carbonyl (C=O) groups excluding carboxylic acids is 1. The molecule has 3 heteroatoms. The molecular weight excluding hydrogens is 214 g/mol. The largest absolute Gasteiger partial charge is 0.370 e. The predicted octanol–water partition coefficient (Wildman–Crippen LogP) is 2.00. The Bertz CT molecular complexity index is 380. The van der Waals surface area contributed by atoms with Crippen molar-refractivity contribution < 1.29 is 9.53 Å². The summed E-state index contributed by atoms with van der Waals surface area (Å²) in [7, 11) is 0. The van der Waals surface area contributed by atoms with Crippen molar-refractivity contribution in [1.29, 1.82) is 0 Å². The van der Waals surface area contributed by atoms with E-state index >= 15 is 0 Å². The minimum Gasteiger partial charge on any atom is -0.370 e. The highest BCUT2D eigenvalue weighted by atomic mass is 16.5. The van der Waals surface area contributed by atoms with Gasteiger partial charge < -0.3 is 4.74 Å². The highest BCUT2D eigenvalue weighted by molar-refractivity contribution is 5.68. The Morgan fingerprint density at radius 2 is 1.76 bits per heavy atom. The average Bonchev–Trinajstić information content (AvgIpc) is 2.40. The van der Waals surface area contributed by atoms with Crippen LogP contribution in [0.2, 0.25) is 0 Å². The van der Waals surface area contributed by atoms with Crippen LogP contribution in [0.3, 0.4) is 0 Å². The summed E-state index contributed by atoms with van der Waals surface area (Å²) in [5.74, 6) is 0. The lowest BCUT2D eigenvalue weighted by Crippen LogP contribution is -2.68. The van der Waals surface area contributed by atoms with Gasteiger partial charge in [0.05, 0.1) is 13.2 Å². The summed E-state index contributed by atoms with van der Waals surface area (Å²) in [6.07, 6.45) is 1.07. The van der Waals surface area contributed by atoms with Gasteiger partial charge in [0.2, 0.25) is 0 Å². The number of nitrogens with zero attached hydrogens (tertiary/aromatic N) is 1. The molecular formula is C14H20NO2+. The molecule has 0 amide bonds. The van der Waals surface area contributed by atoms with Crippen LogP contribution in [0.1, 0.15) is 13.8 Å². The minimum absolute atomic E-state index is 0.412. The second-order valence-electron chi connectivity index (χ2n) is 5.13. The second kappa shape index (κ2) is 4.59. The van der Waals surface area contributed by atoms with Crippen molar-refractivity contribution in [1.82, 2.24) is 4.48 Å². The molecule has 17 heavy (non-hydrogen) atoms. The quantitative estimate of drug-likeness (QED) is 0.590. The zero-order valence-corrected chi connectivity index (χ0v) is 10.6. The van der Waals surface area contributed by atoms with Gasteiger partial charge in [0.15, 0.2) is 11.8 Å². The predicted molar refractivity (Wildman–Crippen MR) is 68.9 cm³/mol. The molecule has 0 aliphatic carbocycles. The Morgan fingerprint density at radius 1 is 1.18 bits per heavy atom. The number of hydrogen-bond donors (Lipinski definition) is 0. The SMILES string of the molecule is CC(C)(C=O)[N+]1(c2ccccc2)CCOCC1. The number of rotatable bonds is 3. The van der Waals surface area contributed by atoms with Gasteiger partial charge in [-0.25, -0.2) is 0 Å². The van der Waals surface area contributed by atoms with Gasteiger partial charge in [-0.05, 0) is 26.0 Å². The fourth-order valence-electron chi connectivity index (χ4n) is 2.64. The molecule has 92 valence electrons. The zero-order valence-electron chi connectivity index (χ0n) is 10.6. The third-order valence-electron chi connectivity index (χ3n) is 3.88. The number of aldehydes is 1. The molecule has 0 unspecified atom stereocenters. The maximum absolute atomic E-state index is 11.4. The molecule has 0 saturated carbocycles. The second-order valence-corrected chi connectivity index (χ2v) is 5.13. The number of carbonyl (C=O) groups is 1. The summed E-state index contributed by atoms with van der Waals surface area (Å²) >= 11 is 0. The Balaban J connectivity index is 2.47. The molecule has 0 atom stereocenters. The van der Waals surface area contributed by atoms with E-state index in [4.69, 9.17) is 4.74 Å². The third-order valence-corrected chi connectivity index (χ3v) is 3.88. The van der Waals surface area contributed by atoms with Gasteiger partial charge in [0, 0.05) is 0 Å². The first-order valence-electron chi connectivity index (χ1n) is 6.09. The number of para-hydroxylation sites is 1. The van der Waals surface area contributed by atoms with Gasteiger partial charge in [0.25, 0.3) is 0 Å². The standard InChI is InChI=1S/C14H20NO2/c1-14(2,12-16)15(8-10-17-11-9-15)13-6-4-3-5-7-13/h3-7,12H,8-11H2,1-2H3/q+1.